The van der Waals surface area contributed by atoms with Crippen LogP contribution < -0.4 is 0 Å². The van der Waals surface area contributed by atoms with E-state index in [0.717, 1.165) is 12.5 Å². The van der Waals surface area contributed by atoms with Crippen LogP contribution in [-0.2, 0) is 0 Å². The van der Waals surface area contributed by atoms with E-state index >= 15 is 0 Å². The molecule has 1 atom stereocenters. The molecule has 0 aliphatic carbocycles. The standard InChI is InChI=1S/C18H17Si/c1-2-13(12-19)15-8-5-9-17-16-7-4-3-6-14(16)10-11-18(15)17/h3-11,13H,2,12H2,1H3. The van der Waals surface area contributed by atoms with Crippen LogP contribution in [0.25, 0.3) is 21.5 Å². The molecule has 0 heterocycles. The van der Waals surface area contributed by atoms with Crippen LogP contribution >= 0.6 is 0 Å². The Hall–Kier alpha value is -1.60. The molecule has 0 nitrogen and oxygen atoms in total. The van der Waals surface area contributed by atoms with Gasteiger partial charge in [-0.2, -0.15) is 0 Å². The molecule has 19 heavy (non-hydrogen) atoms. The first kappa shape index (κ1) is 12.4. The zero-order chi connectivity index (χ0) is 13.2. The van der Waals surface area contributed by atoms with Gasteiger partial charge in [-0.3, -0.25) is 0 Å². The molecule has 0 saturated carbocycles. The molecule has 3 aromatic rings. The van der Waals surface area contributed by atoms with Crippen LogP contribution in [0.3, 0.4) is 0 Å². The van der Waals surface area contributed by atoms with Crippen molar-refractivity contribution in [3.8, 4) is 0 Å². The first-order chi connectivity index (χ1) is 9.35. The summed E-state index contributed by atoms with van der Waals surface area (Å²) in [5, 5.41) is 5.43. The molecule has 0 aliphatic heterocycles. The van der Waals surface area contributed by atoms with E-state index in [1.807, 2.05) is 0 Å². The van der Waals surface area contributed by atoms with Crippen molar-refractivity contribution in [3.63, 3.8) is 0 Å². The van der Waals surface area contributed by atoms with Crippen molar-refractivity contribution < 1.29 is 0 Å². The van der Waals surface area contributed by atoms with Crippen LogP contribution in [0.2, 0.25) is 6.04 Å². The molecule has 0 aromatic heterocycles. The van der Waals surface area contributed by atoms with Crippen molar-refractivity contribution in [1.82, 2.24) is 0 Å². The average Bonchev–Trinajstić information content (AvgIpc) is 2.48. The molecule has 0 fully saturated rings. The van der Waals surface area contributed by atoms with Gasteiger partial charge < -0.3 is 0 Å². The van der Waals surface area contributed by atoms with Crippen LogP contribution in [0.15, 0.2) is 54.6 Å². The number of benzene rings is 3. The summed E-state index contributed by atoms with van der Waals surface area (Å²) in [4.78, 5) is 0. The number of hydrogen-bond acceptors (Lipinski definition) is 0. The van der Waals surface area contributed by atoms with Gasteiger partial charge in [0.05, 0.1) is 0 Å². The lowest BCUT2D eigenvalue weighted by Gasteiger charge is -2.16. The lowest BCUT2D eigenvalue weighted by molar-refractivity contribution is 0.738. The highest BCUT2D eigenvalue weighted by molar-refractivity contribution is 6.10. The van der Waals surface area contributed by atoms with E-state index in [0.29, 0.717) is 5.92 Å². The summed E-state index contributed by atoms with van der Waals surface area (Å²) in [6.45, 7) is 2.25. The molecule has 0 N–H and O–H groups in total. The van der Waals surface area contributed by atoms with Crippen LogP contribution in [0.5, 0.6) is 0 Å². The zero-order valence-corrected chi connectivity index (χ0v) is 12.2. The van der Waals surface area contributed by atoms with Gasteiger partial charge in [-0.15, -0.1) is 0 Å². The summed E-state index contributed by atoms with van der Waals surface area (Å²) in [5.41, 5.74) is 1.46. The molecule has 1 unspecified atom stereocenters. The Balaban J connectivity index is 2.35. The molecule has 93 valence electrons. The normalized spacial score (nSPS) is 12.9. The fourth-order valence-corrected chi connectivity index (χ4v) is 3.40. The second-order valence-electron chi connectivity index (χ2n) is 5.04. The highest BCUT2D eigenvalue weighted by Gasteiger charge is 2.11. The van der Waals surface area contributed by atoms with E-state index in [1.54, 1.807) is 0 Å². The fraction of sp³-hybridized carbons (Fsp3) is 0.222. The Morgan fingerprint density at radius 1 is 0.842 bits per heavy atom. The first-order valence-corrected chi connectivity index (χ1v) is 7.60. The first-order valence-electron chi connectivity index (χ1n) is 6.90. The number of rotatable bonds is 3. The topological polar surface area (TPSA) is 0 Å². The van der Waals surface area contributed by atoms with Crippen molar-refractivity contribution in [2.45, 2.75) is 25.3 Å². The van der Waals surface area contributed by atoms with Crippen molar-refractivity contribution in [1.29, 1.82) is 0 Å². The average molecular weight is 261 g/mol. The fourth-order valence-electron chi connectivity index (χ4n) is 2.89. The largest absolute Gasteiger partial charge is 0.0648 e. The smallest absolute Gasteiger partial charge is 0.0229 e. The van der Waals surface area contributed by atoms with Gasteiger partial charge in [-0.25, -0.2) is 0 Å². The second kappa shape index (κ2) is 5.18. The molecule has 0 bridgehead atoms. The highest BCUT2D eigenvalue weighted by atomic mass is 28.1. The molecule has 0 amide bonds. The molecule has 1 heteroatoms. The maximum atomic E-state index is 3.70. The SMILES string of the molecule is CCC(C[Si])c1cccc2c1ccc1ccccc12. The molecule has 3 aromatic carbocycles. The van der Waals surface area contributed by atoms with E-state index in [2.05, 4.69) is 71.8 Å². The summed E-state index contributed by atoms with van der Waals surface area (Å²) >= 11 is 0. The summed E-state index contributed by atoms with van der Waals surface area (Å²) in [5.74, 6) is 0.585. The predicted octanol–water partition coefficient (Wildman–Crippen LogP) is 5.07. The monoisotopic (exact) mass is 261 g/mol. The quantitative estimate of drug-likeness (QED) is 0.456. The zero-order valence-electron chi connectivity index (χ0n) is 11.2. The Labute approximate surface area is 117 Å². The van der Waals surface area contributed by atoms with Crippen LogP contribution in [0.1, 0.15) is 24.8 Å². The van der Waals surface area contributed by atoms with Gasteiger partial charge in [0.1, 0.15) is 0 Å². The Bertz CT molecular complexity index is 711. The van der Waals surface area contributed by atoms with Crippen molar-refractivity contribution in [2.75, 3.05) is 0 Å². The predicted molar refractivity (Wildman–Crippen MR) is 85.0 cm³/mol. The summed E-state index contributed by atoms with van der Waals surface area (Å²) < 4.78 is 0. The lowest BCUT2D eigenvalue weighted by Crippen LogP contribution is -1.97. The Kier molecular flexibility index (Phi) is 3.39. The van der Waals surface area contributed by atoms with Crippen molar-refractivity contribution >= 4 is 31.8 Å². The lowest BCUT2D eigenvalue weighted by atomic mass is 9.91. The van der Waals surface area contributed by atoms with Crippen LogP contribution in [0.4, 0.5) is 0 Å². The van der Waals surface area contributed by atoms with Gasteiger partial charge >= 0.3 is 0 Å². The van der Waals surface area contributed by atoms with Gasteiger partial charge in [-0.05, 0) is 39.4 Å². The summed E-state index contributed by atoms with van der Waals surface area (Å²) in [6.07, 6.45) is 1.16. The Morgan fingerprint density at radius 3 is 2.42 bits per heavy atom. The summed E-state index contributed by atoms with van der Waals surface area (Å²) in [6, 6.07) is 20.9. The molecular formula is C18H17Si. The molecule has 0 aliphatic rings. The van der Waals surface area contributed by atoms with Gasteiger partial charge in [0.15, 0.2) is 0 Å². The minimum atomic E-state index is 0.585. The minimum absolute atomic E-state index is 0.585. The van der Waals surface area contributed by atoms with Crippen LogP contribution in [-0.4, -0.2) is 10.2 Å². The van der Waals surface area contributed by atoms with Gasteiger partial charge in [-0.1, -0.05) is 67.6 Å². The number of hydrogen-bond donors (Lipinski definition) is 0. The Morgan fingerprint density at radius 2 is 1.63 bits per heavy atom. The maximum absolute atomic E-state index is 3.70. The van der Waals surface area contributed by atoms with Gasteiger partial charge in [0.25, 0.3) is 0 Å². The molecule has 0 spiro atoms. The second-order valence-corrected chi connectivity index (χ2v) is 5.45. The van der Waals surface area contributed by atoms with Gasteiger partial charge in [0.2, 0.25) is 0 Å². The van der Waals surface area contributed by atoms with Crippen molar-refractivity contribution in [2.24, 2.45) is 0 Å². The van der Waals surface area contributed by atoms with E-state index < -0.39 is 0 Å². The molecular weight excluding hydrogens is 244 g/mol. The summed E-state index contributed by atoms with van der Waals surface area (Å²) in [7, 11) is 3.70. The van der Waals surface area contributed by atoms with Crippen LogP contribution in [0, 0.1) is 0 Å². The minimum Gasteiger partial charge on any atom is -0.0648 e. The van der Waals surface area contributed by atoms with Gasteiger partial charge in [0, 0.05) is 10.2 Å². The third kappa shape index (κ3) is 2.08. The van der Waals surface area contributed by atoms with E-state index in [1.165, 1.54) is 27.1 Å². The van der Waals surface area contributed by atoms with E-state index in [4.69, 9.17) is 0 Å². The molecule has 3 radical (unpaired) electrons. The maximum Gasteiger partial charge on any atom is 0.0229 e. The van der Waals surface area contributed by atoms with E-state index in [9.17, 15) is 0 Å². The molecule has 0 saturated heterocycles. The third-order valence-corrected chi connectivity index (χ3v) is 4.49. The van der Waals surface area contributed by atoms with E-state index in [-0.39, 0.29) is 0 Å². The number of fused-ring (bicyclic) bond motifs is 3. The third-order valence-electron chi connectivity index (χ3n) is 4.00. The molecule has 3 rings (SSSR count). The van der Waals surface area contributed by atoms with Crippen molar-refractivity contribution in [3.05, 3.63) is 60.2 Å². The highest BCUT2D eigenvalue weighted by Crippen LogP contribution is 2.33.